The number of nitrogen functional groups attached to an aromatic ring is 1. The van der Waals surface area contributed by atoms with Gasteiger partial charge in [0.2, 0.25) is 5.91 Å². The van der Waals surface area contributed by atoms with Gasteiger partial charge in [-0.1, -0.05) is 0 Å². The van der Waals surface area contributed by atoms with Crippen LogP contribution in [0.5, 0.6) is 0 Å². The minimum atomic E-state index is 0.0662. The van der Waals surface area contributed by atoms with E-state index in [0.29, 0.717) is 12.1 Å². The molecular weight excluding hydrogens is 266 g/mol. The lowest BCUT2D eigenvalue weighted by atomic mass is 10.0. The number of hydrogen-bond acceptors (Lipinski definition) is 4. The third kappa shape index (κ3) is 3.47. The van der Waals surface area contributed by atoms with Gasteiger partial charge in [0.25, 0.3) is 0 Å². The Hall–Kier alpha value is -1.75. The number of ether oxygens (including phenoxy) is 1. The molecule has 1 heterocycles. The molecule has 3 rings (SSSR count). The van der Waals surface area contributed by atoms with Gasteiger partial charge in [0, 0.05) is 32.3 Å². The molecule has 21 heavy (non-hydrogen) atoms. The van der Waals surface area contributed by atoms with Crippen LogP contribution in [0.2, 0.25) is 0 Å². The maximum Gasteiger partial charge on any atom is 0.224 e. The van der Waals surface area contributed by atoms with E-state index in [0.717, 1.165) is 49.0 Å². The van der Waals surface area contributed by atoms with Crippen molar-refractivity contribution < 1.29 is 9.53 Å². The maximum absolute atomic E-state index is 11.4. The summed E-state index contributed by atoms with van der Waals surface area (Å²) >= 11 is 0. The molecule has 1 saturated carbocycles. The molecule has 1 aliphatic carbocycles. The highest BCUT2D eigenvalue weighted by atomic mass is 16.5. The predicted molar refractivity (Wildman–Crippen MR) is 84.6 cm³/mol. The highest BCUT2D eigenvalue weighted by Crippen LogP contribution is 2.32. The van der Waals surface area contributed by atoms with E-state index in [-0.39, 0.29) is 5.91 Å². The van der Waals surface area contributed by atoms with Gasteiger partial charge in [0.15, 0.2) is 0 Å². The molecule has 5 heteroatoms. The molecule has 1 aromatic rings. The van der Waals surface area contributed by atoms with Crippen LogP contribution in [-0.2, 0) is 16.0 Å². The molecule has 0 atom stereocenters. The number of carbonyl (C=O) groups is 1. The van der Waals surface area contributed by atoms with E-state index in [9.17, 15) is 4.79 Å². The first kappa shape index (κ1) is 14.2. The van der Waals surface area contributed by atoms with Crippen LogP contribution in [0.4, 0.5) is 17.1 Å². The van der Waals surface area contributed by atoms with Gasteiger partial charge in [-0.05, 0) is 42.9 Å². The highest BCUT2D eigenvalue weighted by Gasteiger charge is 2.21. The zero-order valence-corrected chi connectivity index (χ0v) is 12.5. The number of nitrogens with zero attached hydrogens (tertiary/aromatic N) is 1. The standard InChI is InChI=1S/C16H23N3O2/c1-19(6-7-21-10-11-2-3-11)15-8-12-4-5-16(20)18-14(12)9-13(15)17/h8-9,11H,2-7,10,17H2,1H3,(H,18,20). The third-order valence-corrected chi connectivity index (χ3v) is 4.18. The van der Waals surface area contributed by atoms with Crippen molar-refractivity contribution in [2.24, 2.45) is 5.92 Å². The van der Waals surface area contributed by atoms with E-state index in [1.165, 1.54) is 12.8 Å². The lowest BCUT2D eigenvalue weighted by molar-refractivity contribution is -0.116. The largest absolute Gasteiger partial charge is 0.397 e. The van der Waals surface area contributed by atoms with Gasteiger partial charge in [0.1, 0.15) is 0 Å². The van der Waals surface area contributed by atoms with Crippen molar-refractivity contribution >= 4 is 23.0 Å². The highest BCUT2D eigenvalue weighted by molar-refractivity contribution is 5.95. The molecule has 2 aliphatic rings. The SMILES string of the molecule is CN(CCOCC1CC1)c1cc2c(cc1N)NC(=O)CC2. The molecule has 0 radical (unpaired) electrons. The Kier molecular flexibility index (Phi) is 4.01. The lowest BCUT2D eigenvalue weighted by Gasteiger charge is -2.25. The monoisotopic (exact) mass is 289 g/mol. The van der Waals surface area contributed by atoms with Crippen molar-refractivity contribution in [2.75, 3.05) is 42.8 Å². The Morgan fingerprint density at radius 2 is 2.19 bits per heavy atom. The first-order chi connectivity index (χ1) is 10.1. The fourth-order valence-electron chi connectivity index (χ4n) is 2.62. The van der Waals surface area contributed by atoms with Crippen LogP contribution in [0.25, 0.3) is 0 Å². The van der Waals surface area contributed by atoms with Crippen molar-refractivity contribution in [3.63, 3.8) is 0 Å². The van der Waals surface area contributed by atoms with Crippen molar-refractivity contribution in [1.29, 1.82) is 0 Å². The zero-order chi connectivity index (χ0) is 14.8. The predicted octanol–water partition coefficient (Wildman–Crippen LogP) is 2.02. The normalized spacial score (nSPS) is 17.3. The maximum atomic E-state index is 11.4. The first-order valence-electron chi connectivity index (χ1n) is 7.64. The third-order valence-electron chi connectivity index (χ3n) is 4.18. The summed E-state index contributed by atoms with van der Waals surface area (Å²) in [4.78, 5) is 13.5. The van der Waals surface area contributed by atoms with Gasteiger partial charge < -0.3 is 20.7 Å². The topological polar surface area (TPSA) is 67.6 Å². The van der Waals surface area contributed by atoms with Crippen LogP contribution < -0.4 is 16.0 Å². The molecule has 1 fully saturated rings. The van der Waals surface area contributed by atoms with E-state index in [4.69, 9.17) is 10.5 Å². The summed E-state index contributed by atoms with van der Waals surface area (Å²) in [5.41, 5.74) is 9.84. The van der Waals surface area contributed by atoms with E-state index in [1.54, 1.807) is 0 Å². The van der Waals surface area contributed by atoms with Crippen LogP contribution in [0, 0.1) is 5.92 Å². The van der Waals surface area contributed by atoms with Gasteiger partial charge in [0.05, 0.1) is 18.0 Å². The molecule has 3 N–H and O–H groups in total. The average molecular weight is 289 g/mol. The summed E-state index contributed by atoms with van der Waals surface area (Å²) < 4.78 is 5.68. The van der Waals surface area contributed by atoms with Crippen LogP contribution in [0.3, 0.4) is 0 Å². The fourth-order valence-corrected chi connectivity index (χ4v) is 2.62. The van der Waals surface area contributed by atoms with Gasteiger partial charge in [-0.3, -0.25) is 4.79 Å². The molecule has 0 aromatic heterocycles. The second kappa shape index (κ2) is 5.93. The van der Waals surface area contributed by atoms with Gasteiger partial charge in [-0.15, -0.1) is 0 Å². The second-order valence-electron chi connectivity index (χ2n) is 6.06. The van der Waals surface area contributed by atoms with Crippen LogP contribution in [0.1, 0.15) is 24.8 Å². The molecule has 1 aromatic carbocycles. The zero-order valence-electron chi connectivity index (χ0n) is 12.5. The number of nitrogens with one attached hydrogen (secondary N) is 1. The first-order valence-corrected chi connectivity index (χ1v) is 7.64. The summed E-state index contributed by atoms with van der Waals surface area (Å²) in [6.07, 6.45) is 3.96. The smallest absolute Gasteiger partial charge is 0.224 e. The van der Waals surface area contributed by atoms with Gasteiger partial charge >= 0.3 is 0 Å². The number of amides is 1. The van der Waals surface area contributed by atoms with Crippen molar-refractivity contribution in [2.45, 2.75) is 25.7 Å². The summed E-state index contributed by atoms with van der Waals surface area (Å²) in [6, 6.07) is 3.95. The Bertz CT molecular complexity index is 541. The number of benzene rings is 1. The van der Waals surface area contributed by atoms with E-state index in [2.05, 4.69) is 16.3 Å². The number of aryl methyl sites for hydroxylation is 1. The number of nitrogens with two attached hydrogens (primary N) is 1. The lowest BCUT2D eigenvalue weighted by Crippen LogP contribution is -2.25. The molecule has 0 unspecified atom stereocenters. The van der Waals surface area contributed by atoms with Gasteiger partial charge in [-0.25, -0.2) is 0 Å². The average Bonchev–Trinajstić information content (AvgIpc) is 3.26. The second-order valence-corrected chi connectivity index (χ2v) is 6.06. The minimum Gasteiger partial charge on any atom is -0.397 e. The Morgan fingerprint density at radius 1 is 1.38 bits per heavy atom. The molecule has 114 valence electrons. The van der Waals surface area contributed by atoms with Crippen molar-refractivity contribution in [1.82, 2.24) is 0 Å². The number of rotatable bonds is 6. The van der Waals surface area contributed by atoms with Crippen molar-refractivity contribution in [3.8, 4) is 0 Å². The van der Waals surface area contributed by atoms with E-state index >= 15 is 0 Å². The number of anilines is 3. The molecule has 0 saturated heterocycles. The van der Waals surface area contributed by atoms with Crippen LogP contribution in [0.15, 0.2) is 12.1 Å². The Labute approximate surface area is 125 Å². The fraction of sp³-hybridized carbons (Fsp3) is 0.562. The quantitative estimate of drug-likeness (QED) is 0.621. The van der Waals surface area contributed by atoms with E-state index < -0.39 is 0 Å². The number of hydrogen-bond donors (Lipinski definition) is 2. The summed E-state index contributed by atoms with van der Waals surface area (Å²) in [7, 11) is 2.03. The number of carbonyl (C=O) groups excluding carboxylic acids is 1. The summed E-state index contributed by atoms with van der Waals surface area (Å²) in [5, 5.41) is 2.88. The number of likely N-dealkylation sites (N-methyl/N-ethyl adjacent to an activating group) is 1. The Morgan fingerprint density at radius 3 is 2.95 bits per heavy atom. The minimum absolute atomic E-state index is 0.0662. The van der Waals surface area contributed by atoms with Crippen LogP contribution >= 0.6 is 0 Å². The molecule has 5 nitrogen and oxygen atoms in total. The molecular formula is C16H23N3O2. The molecule has 0 bridgehead atoms. The van der Waals surface area contributed by atoms with Gasteiger partial charge in [-0.2, -0.15) is 0 Å². The van der Waals surface area contributed by atoms with Crippen molar-refractivity contribution in [3.05, 3.63) is 17.7 Å². The molecule has 0 spiro atoms. The Balaban J connectivity index is 1.61. The molecule has 1 amide bonds. The van der Waals surface area contributed by atoms with Crippen LogP contribution in [-0.4, -0.2) is 32.7 Å². The number of fused-ring (bicyclic) bond motifs is 1. The van der Waals surface area contributed by atoms with E-state index in [1.807, 2.05) is 13.1 Å². The molecule has 1 aliphatic heterocycles. The summed E-state index contributed by atoms with van der Waals surface area (Å²) in [6.45, 7) is 2.43. The summed E-state index contributed by atoms with van der Waals surface area (Å²) in [5.74, 6) is 0.865.